The van der Waals surface area contributed by atoms with Gasteiger partial charge < -0.3 is 5.32 Å². The van der Waals surface area contributed by atoms with Crippen LogP contribution in [-0.2, 0) is 10.0 Å². The monoisotopic (exact) mass is 258 g/mol. The maximum Gasteiger partial charge on any atom is 0.215 e. The van der Waals surface area contributed by atoms with E-state index in [0.29, 0.717) is 19.0 Å². The number of hydrogen-bond donors (Lipinski definition) is 2. The lowest BCUT2D eigenvalue weighted by Gasteiger charge is -2.22. The highest BCUT2D eigenvalue weighted by molar-refractivity contribution is 7.90. The van der Waals surface area contributed by atoms with E-state index in [1.54, 1.807) is 0 Å². The first-order valence-corrected chi connectivity index (χ1v) is 8.39. The van der Waals surface area contributed by atoms with Crippen molar-refractivity contribution in [2.45, 2.75) is 37.4 Å². The van der Waals surface area contributed by atoms with E-state index >= 15 is 0 Å². The van der Waals surface area contributed by atoms with Gasteiger partial charge in [0.1, 0.15) is 0 Å². The first-order chi connectivity index (χ1) is 8.15. The second-order valence-electron chi connectivity index (χ2n) is 5.94. The standard InChI is InChI=1S/C12H22N2O2S/c15-17(16,12-3-4-13-8-12)14-7-11-6-9-1-2-10(11)5-9/h9-14H,1-8H2. The van der Waals surface area contributed by atoms with Crippen molar-refractivity contribution in [3.8, 4) is 0 Å². The van der Waals surface area contributed by atoms with Gasteiger partial charge >= 0.3 is 0 Å². The molecule has 0 aromatic carbocycles. The predicted octanol–water partition coefficient (Wildman–Crippen LogP) is 0.704. The second kappa shape index (κ2) is 4.52. The van der Waals surface area contributed by atoms with Gasteiger partial charge in [0.25, 0.3) is 0 Å². The summed E-state index contributed by atoms with van der Waals surface area (Å²) in [7, 11) is -3.08. The maximum absolute atomic E-state index is 12.0. The van der Waals surface area contributed by atoms with E-state index in [1.807, 2.05) is 0 Å². The van der Waals surface area contributed by atoms with Gasteiger partial charge in [-0.3, -0.25) is 0 Å². The molecule has 2 bridgehead atoms. The van der Waals surface area contributed by atoms with Crippen molar-refractivity contribution in [2.75, 3.05) is 19.6 Å². The van der Waals surface area contributed by atoms with Gasteiger partial charge in [0.2, 0.25) is 10.0 Å². The Kier molecular flexibility index (Phi) is 3.17. The molecule has 1 aliphatic heterocycles. The molecule has 5 heteroatoms. The lowest BCUT2D eigenvalue weighted by molar-refractivity contribution is 0.332. The van der Waals surface area contributed by atoms with E-state index in [9.17, 15) is 8.42 Å². The van der Waals surface area contributed by atoms with Crippen LogP contribution in [0.3, 0.4) is 0 Å². The summed E-state index contributed by atoms with van der Waals surface area (Å²) >= 11 is 0. The molecule has 1 heterocycles. The highest BCUT2D eigenvalue weighted by atomic mass is 32.2. The third-order valence-corrected chi connectivity index (χ3v) is 6.73. The Bertz CT molecular complexity index is 376. The molecule has 4 atom stereocenters. The molecular weight excluding hydrogens is 236 g/mol. The summed E-state index contributed by atoms with van der Waals surface area (Å²) in [6, 6.07) is 0. The lowest BCUT2D eigenvalue weighted by Crippen LogP contribution is -2.39. The molecule has 17 heavy (non-hydrogen) atoms. The van der Waals surface area contributed by atoms with Crippen LogP contribution in [0.15, 0.2) is 0 Å². The Morgan fingerprint density at radius 2 is 2.06 bits per heavy atom. The van der Waals surface area contributed by atoms with Gasteiger partial charge in [0.15, 0.2) is 0 Å². The minimum absolute atomic E-state index is 0.207. The Morgan fingerprint density at radius 3 is 2.65 bits per heavy atom. The summed E-state index contributed by atoms with van der Waals surface area (Å²) in [5.41, 5.74) is 0. The molecule has 3 rings (SSSR count). The molecule has 98 valence electrons. The molecule has 0 aromatic rings. The van der Waals surface area contributed by atoms with Crippen molar-refractivity contribution < 1.29 is 8.42 Å². The summed E-state index contributed by atoms with van der Waals surface area (Å²) in [6.07, 6.45) is 6.04. The molecule has 2 aliphatic carbocycles. The molecule has 0 spiro atoms. The number of rotatable bonds is 4. The third-order valence-electron chi connectivity index (χ3n) is 4.89. The van der Waals surface area contributed by atoms with Crippen LogP contribution >= 0.6 is 0 Å². The van der Waals surface area contributed by atoms with Crippen LogP contribution in [-0.4, -0.2) is 33.3 Å². The third kappa shape index (κ3) is 2.37. The minimum Gasteiger partial charge on any atom is -0.315 e. The largest absolute Gasteiger partial charge is 0.315 e. The van der Waals surface area contributed by atoms with Gasteiger partial charge in [-0.05, 0) is 50.0 Å². The van der Waals surface area contributed by atoms with Gasteiger partial charge in [-0.2, -0.15) is 0 Å². The molecule has 0 radical (unpaired) electrons. The molecule has 3 fully saturated rings. The van der Waals surface area contributed by atoms with Gasteiger partial charge in [0, 0.05) is 13.1 Å². The van der Waals surface area contributed by atoms with E-state index in [1.165, 1.54) is 25.7 Å². The summed E-state index contributed by atoms with van der Waals surface area (Å²) in [5.74, 6) is 2.30. The molecule has 3 aliphatic rings. The van der Waals surface area contributed by atoms with Crippen LogP contribution < -0.4 is 10.0 Å². The molecule has 4 nitrogen and oxygen atoms in total. The number of sulfonamides is 1. The van der Waals surface area contributed by atoms with Gasteiger partial charge in [-0.25, -0.2) is 13.1 Å². The van der Waals surface area contributed by atoms with Crippen LogP contribution in [0.4, 0.5) is 0 Å². The van der Waals surface area contributed by atoms with Gasteiger partial charge in [-0.1, -0.05) is 6.42 Å². The summed E-state index contributed by atoms with van der Waals surface area (Å²) < 4.78 is 26.9. The van der Waals surface area contributed by atoms with Crippen molar-refractivity contribution in [1.82, 2.24) is 10.0 Å². The maximum atomic E-state index is 12.0. The van der Waals surface area contributed by atoms with E-state index in [4.69, 9.17) is 0 Å². The Morgan fingerprint density at radius 1 is 1.18 bits per heavy atom. The van der Waals surface area contributed by atoms with E-state index in [2.05, 4.69) is 10.0 Å². The smallest absolute Gasteiger partial charge is 0.215 e. The lowest BCUT2D eigenvalue weighted by atomic mass is 9.89. The van der Waals surface area contributed by atoms with Crippen molar-refractivity contribution in [3.05, 3.63) is 0 Å². The van der Waals surface area contributed by atoms with Crippen LogP contribution in [0, 0.1) is 17.8 Å². The van der Waals surface area contributed by atoms with E-state index in [0.717, 1.165) is 24.8 Å². The summed E-state index contributed by atoms with van der Waals surface area (Å²) in [4.78, 5) is 0. The van der Waals surface area contributed by atoms with Crippen LogP contribution in [0.1, 0.15) is 32.1 Å². The van der Waals surface area contributed by atoms with Gasteiger partial charge in [-0.15, -0.1) is 0 Å². The van der Waals surface area contributed by atoms with E-state index < -0.39 is 10.0 Å². The Hall–Kier alpha value is -0.130. The molecule has 0 amide bonds. The summed E-state index contributed by atoms with van der Waals surface area (Å²) in [6.45, 7) is 2.13. The number of hydrogen-bond acceptors (Lipinski definition) is 3. The first-order valence-electron chi connectivity index (χ1n) is 6.84. The Labute approximate surface area is 104 Å². The number of fused-ring (bicyclic) bond motifs is 2. The Balaban J connectivity index is 1.53. The molecule has 0 aromatic heterocycles. The van der Waals surface area contributed by atoms with Crippen molar-refractivity contribution >= 4 is 10.0 Å². The second-order valence-corrected chi connectivity index (χ2v) is 7.99. The van der Waals surface area contributed by atoms with Crippen molar-refractivity contribution in [1.29, 1.82) is 0 Å². The summed E-state index contributed by atoms with van der Waals surface area (Å²) in [5, 5.41) is 2.91. The van der Waals surface area contributed by atoms with Crippen LogP contribution in [0.2, 0.25) is 0 Å². The van der Waals surface area contributed by atoms with Crippen molar-refractivity contribution in [2.24, 2.45) is 17.8 Å². The zero-order chi connectivity index (χ0) is 11.9. The highest BCUT2D eigenvalue weighted by Gasteiger charge is 2.40. The topological polar surface area (TPSA) is 58.2 Å². The minimum atomic E-state index is -3.08. The molecule has 2 saturated carbocycles. The van der Waals surface area contributed by atoms with Crippen molar-refractivity contribution in [3.63, 3.8) is 0 Å². The molecule has 2 N–H and O–H groups in total. The normalized spacial score (nSPS) is 41.2. The fraction of sp³-hybridized carbons (Fsp3) is 1.00. The molecule has 4 unspecified atom stereocenters. The predicted molar refractivity (Wildman–Crippen MR) is 67.1 cm³/mol. The first kappa shape index (κ1) is 11.9. The van der Waals surface area contributed by atoms with Crippen LogP contribution in [0.25, 0.3) is 0 Å². The zero-order valence-electron chi connectivity index (χ0n) is 10.2. The zero-order valence-corrected chi connectivity index (χ0v) is 11.0. The fourth-order valence-electron chi connectivity index (χ4n) is 3.86. The fourth-order valence-corrected chi connectivity index (χ4v) is 5.31. The average molecular weight is 258 g/mol. The van der Waals surface area contributed by atoms with E-state index in [-0.39, 0.29) is 5.25 Å². The van der Waals surface area contributed by atoms with Crippen LogP contribution in [0.5, 0.6) is 0 Å². The van der Waals surface area contributed by atoms with Gasteiger partial charge in [0.05, 0.1) is 5.25 Å². The molecular formula is C12H22N2O2S. The average Bonchev–Trinajstić information content (AvgIpc) is 3.02. The SMILES string of the molecule is O=S(=O)(NCC1CC2CCC1C2)C1CCNC1. The molecule has 1 saturated heterocycles. The highest BCUT2D eigenvalue weighted by Crippen LogP contribution is 2.47. The number of nitrogens with one attached hydrogen (secondary N) is 2. The quantitative estimate of drug-likeness (QED) is 0.780.